The van der Waals surface area contributed by atoms with Gasteiger partial charge in [-0.1, -0.05) is 48.5 Å². The second-order valence-electron chi connectivity index (χ2n) is 7.42. The molecule has 6 nitrogen and oxygen atoms in total. The van der Waals surface area contributed by atoms with Gasteiger partial charge in [-0.05, 0) is 47.0 Å². The lowest BCUT2D eigenvalue weighted by molar-refractivity contribution is 0.102. The third-order valence-corrected chi connectivity index (χ3v) is 5.25. The van der Waals surface area contributed by atoms with E-state index in [0.717, 1.165) is 28.1 Å². The Morgan fingerprint density at radius 2 is 1.75 bits per heavy atom. The van der Waals surface area contributed by atoms with Gasteiger partial charge in [-0.25, -0.2) is 4.98 Å². The van der Waals surface area contributed by atoms with Gasteiger partial charge in [-0.3, -0.25) is 9.48 Å². The standard InChI is InChI=1S/C26H21N5O/c32-26(29-22-5-3-6-23(17-22)30-16-14-27-19-30)25-8-2-1-7-24(25)21-11-9-20(10-12-21)18-31-15-4-13-28-31/h1-17,19H,18H2,(H,29,32). The summed E-state index contributed by atoms with van der Waals surface area (Å²) < 4.78 is 3.78. The molecule has 0 saturated carbocycles. The summed E-state index contributed by atoms with van der Waals surface area (Å²) in [6, 6.07) is 25.5. The molecule has 0 spiro atoms. The first-order valence-corrected chi connectivity index (χ1v) is 10.3. The number of benzene rings is 3. The molecule has 0 bridgehead atoms. The fourth-order valence-corrected chi connectivity index (χ4v) is 3.66. The topological polar surface area (TPSA) is 64.7 Å². The van der Waals surface area contributed by atoms with Crippen LogP contribution in [0.15, 0.2) is 110 Å². The van der Waals surface area contributed by atoms with Crippen LogP contribution in [0.2, 0.25) is 0 Å². The first-order valence-electron chi connectivity index (χ1n) is 10.3. The largest absolute Gasteiger partial charge is 0.322 e. The van der Waals surface area contributed by atoms with Crippen LogP contribution in [0.3, 0.4) is 0 Å². The SMILES string of the molecule is O=C(Nc1cccc(-n2ccnc2)c1)c1ccccc1-c1ccc(Cn2cccn2)cc1. The molecule has 5 aromatic rings. The normalized spacial score (nSPS) is 10.8. The maximum absolute atomic E-state index is 13.1. The van der Waals surface area contributed by atoms with Crippen LogP contribution in [0.5, 0.6) is 0 Å². The molecule has 0 atom stereocenters. The molecule has 0 aliphatic carbocycles. The van der Waals surface area contributed by atoms with E-state index in [0.29, 0.717) is 12.1 Å². The molecule has 0 aliphatic heterocycles. The Morgan fingerprint density at radius 1 is 0.875 bits per heavy atom. The van der Waals surface area contributed by atoms with Gasteiger partial charge in [0.05, 0.1) is 12.9 Å². The van der Waals surface area contributed by atoms with Gasteiger partial charge in [0.25, 0.3) is 5.91 Å². The molecule has 0 radical (unpaired) electrons. The summed E-state index contributed by atoms with van der Waals surface area (Å²) in [5.74, 6) is -0.149. The van der Waals surface area contributed by atoms with E-state index in [9.17, 15) is 4.79 Å². The summed E-state index contributed by atoms with van der Waals surface area (Å²) >= 11 is 0. The van der Waals surface area contributed by atoms with Crippen molar-refractivity contribution in [3.05, 3.63) is 121 Å². The highest BCUT2D eigenvalue weighted by atomic mass is 16.1. The van der Waals surface area contributed by atoms with Crippen LogP contribution in [0.25, 0.3) is 16.8 Å². The third kappa shape index (κ3) is 4.20. The monoisotopic (exact) mass is 419 g/mol. The first kappa shape index (κ1) is 19.5. The number of nitrogens with zero attached hydrogens (tertiary/aromatic N) is 4. The molecule has 0 saturated heterocycles. The number of anilines is 1. The van der Waals surface area contributed by atoms with Crippen molar-refractivity contribution in [3.8, 4) is 16.8 Å². The Kier molecular flexibility index (Phi) is 5.32. The van der Waals surface area contributed by atoms with E-state index >= 15 is 0 Å². The van der Waals surface area contributed by atoms with Crippen molar-refractivity contribution >= 4 is 11.6 Å². The number of carbonyl (C=O) groups excluding carboxylic acids is 1. The minimum atomic E-state index is -0.149. The fraction of sp³-hybridized carbons (Fsp3) is 0.0385. The van der Waals surface area contributed by atoms with Crippen LogP contribution < -0.4 is 5.32 Å². The maximum Gasteiger partial charge on any atom is 0.256 e. The molecule has 32 heavy (non-hydrogen) atoms. The van der Waals surface area contributed by atoms with E-state index < -0.39 is 0 Å². The second-order valence-corrected chi connectivity index (χ2v) is 7.42. The van der Waals surface area contributed by atoms with Gasteiger partial charge in [0.15, 0.2) is 0 Å². The Hall–Kier alpha value is -4.45. The van der Waals surface area contributed by atoms with E-state index in [1.807, 2.05) is 88.4 Å². The van der Waals surface area contributed by atoms with Crippen LogP contribution >= 0.6 is 0 Å². The number of hydrogen-bond acceptors (Lipinski definition) is 3. The van der Waals surface area contributed by atoms with E-state index in [1.54, 1.807) is 18.7 Å². The minimum absolute atomic E-state index is 0.149. The Bertz CT molecular complexity index is 1320. The van der Waals surface area contributed by atoms with Crippen molar-refractivity contribution in [1.29, 1.82) is 0 Å². The molecule has 156 valence electrons. The number of aromatic nitrogens is 4. The maximum atomic E-state index is 13.1. The number of amides is 1. The van der Waals surface area contributed by atoms with Gasteiger partial charge in [-0.2, -0.15) is 5.10 Å². The van der Waals surface area contributed by atoms with E-state index in [-0.39, 0.29) is 5.91 Å². The molecule has 6 heteroatoms. The van der Waals surface area contributed by atoms with Crippen LogP contribution in [0.4, 0.5) is 5.69 Å². The highest BCUT2D eigenvalue weighted by molar-refractivity contribution is 6.08. The third-order valence-electron chi connectivity index (χ3n) is 5.25. The first-order chi connectivity index (χ1) is 15.8. The van der Waals surface area contributed by atoms with Crippen molar-refractivity contribution in [2.75, 3.05) is 5.32 Å². The van der Waals surface area contributed by atoms with Crippen LogP contribution in [0.1, 0.15) is 15.9 Å². The summed E-state index contributed by atoms with van der Waals surface area (Å²) in [4.78, 5) is 17.2. The van der Waals surface area contributed by atoms with Gasteiger partial charge in [0.1, 0.15) is 0 Å². The number of nitrogens with one attached hydrogen (secondary N) is 1. The molecule has 5 rings (SSSR count). The zero-order chi connectivity index (χ0) is 21.8. The molecule has 1 N–H and O–H groups in total. The fourth-order valence-electron chi connectivity index (χ4n) is 3.66. The van der Waals surface area contributed by atoms with Crippen LogP contribution in [-0.4, -0.2) is 25.2 Å². The molecular formula is C26H21N5O. The van der Waals surface area contributed by atoms with Gasteiger partial charge in [0.2, 0.25) is 0 Å². The van der Waals surface area contributed by atoms with Crippen molar-refractivity contribution in [1.82, 2.24) is 19.3 Å². The lowest BCUT2D eigenvalue weighted by Crippen LogP contribution is -2.13. The van der Waals surface area contributed by atoms with E-state index in [4.69, 9.17) is 0 Å². The number of hydrogen-bond donors (Lipinski definition) is 1. The number of rotatable bonds is 6. The zero-order valence-corrected chi connectivity index (χ0v) is 17.3. The van der Waals surface area contributed by atoms with Gasteiger partial charge in [0, 0.05) is 41.7 Å². The molecule has 1 amide bonds. The van der Waals surface area contributed by atoms with Crippen molar-refractivity contribution in [3.63, 3.8) is 0 Å². The molecule has 0 unspecified atom stereocenters. The van der Waals surface area contributed by atoms with E-state index in [1.165, 1.54) is 0 Å². The zero-order valence-electron chi connectivity index (χ0n) is 17.3. The Labute approximate surface area is 185 Å². The van der Waals surface area contributed by atoms with Crippen molar-refractivity contribution in [2.24, 2.45) is 0 Å². The quantitative estimate of drug-likeness (QED) is 0.420. The van der Waals surface area contributed by atoms with Crippen molar-refractivity contribution < 1.29 is 4.79 Å². The average Bonchev–Trinajstić information content (AvgIpc) is 3.55. The predicted octanol–water partition coefficient (Wildman–Crippen LogP) is 5.04. The second kappa shape index (κ2) is 8.73. The van der Waals surface area contributed by atoms with Gasteiger partial charge in [-0.15, -0.1) is 0 Å². The summed E-state index contributed by atoms with van der Waals surface area (Å²) in [6.45, 7) is 0.711. The number of imidazole rings is 1. The van der Waals surface area contributed by atoms with Gasteiger partial charge >= 0.3 is 0 Å². The summed E-state index contributed by atoms with van der Waals surface area (Å²) in [6.07, 6.45) is 9.03. The highest BCUT2D eigenvalue weighted by Gasteiger charge is 2.13. The van der Waals surface area contributed by atoms with Gasteiger partial charge < -0.3 is 9.88 Å². The summed E-state index contributed by atoms with van der Waals surface area (Å²) in [5.41, 5.74) is 5.32. The lowest BCUT2D eigenvalue weighted by Gasteiger charge is -2.12. The number of carbonyl (C=O) groups is 1. The smallest absolute Gasteiger partial charge is 0.256 e. The molecule has 0 aliphatic rings. The Morgan fingerprint density at radius 3 is 2.53 bits per heavy atom. The lowest BCUT2D eigenvalue weighted by atomic mass is 9.98. The summed E-state index contributed by atoms with van der Waals surface area (Å²) in [7, 11) is 0. The molecule has 2 aromatic heterocycles. The van der Waals surface area contributed by atoms with Crippen molar-refractivity contribution in [2.45, 2.75) is 6.54 Å². The minimum Gasteiger partial charge on any atom is -0.322 e. The molecule has 0 fully saturated rings. The summed E-state index contributed by atoms with van der Waals surface area (Å²) in [5, 5.41) is 7.28. The van der Waals surface area contributed by atoms with Crippen LogP contribution in [0, 0.1) is 0 Å². The highest BCUT2D eigenvalue weighted by Crippen LogP contribution is 2.25. The van der Waals surface area contributed by atoms with E-state index in [2.05, 4.69) is 27.5 Å². The molecule has 2 heterocycles. The predicted molar refractivity (Wildman–Crippen MR) is 125 cm³/mol. The Balaban J connectivity index is 1.37. The average molecular weight is 419 g/mol. The van der Waals surface area contributed by atoms with Crippen LogP contribution in [-0.2, 0) is 6.54 Å². The molecule has 3 aromatic carbocycles. The molecular weight excluding hydrogens is 398 g/mol.